The van der Waals surface area contributed by atoms with E-state index in [1.54, 1.807) is 25.3 Å². The third kappa shape index (κ3) is 4.50. The van der Waals surface area contributed by atoms with Crippen LogP contribution in [0.1, 0.15) is 37.3 Å². The summed E-state index contributed by atoms with van der Waals surface area (Å²) in [6.07, 6.45) is 3.23. The number of nitrogens with zero attached hydrogens (tertiary/aromatic N) is 1. The third-order valence-corrected chi connectivity index (χ3v) is 4.08. The molecule has 18 heavy (non-hydrogen) atoms. The first-order chi connectivity index (χ1) is 8.71. The molecular formula is C14H19NO2S. The molecule has 0 fully saturated rings. The van der Waals surface area contributed by atoms with Gasteiger partial charge in [0.25, 0.3) is 0 Å². The largest absolute Gasteiger partial charge is 0.496 e. The highest BCUT2D eigenvalue weighted by Crippen LogP contribution is 2.21. The van der Waals surface area contributed by atoms with Crippen LogP contribution < -0.4 is 4.74 Å². The standard InChI is InChI=1S/C14H19NO2S/c1-3-4-5-8-18(16)11-13-9-12(10-15)6-7-14(13)17-2/h6-7,9H,3-5,8,11H2,1-2H3. The lowest BCUT2D eigenvalue weighted by Gasteiger charge is -2.08. The van der Waals surface area contributed by atoms with Crippen LogP contribution in [0.4, 0.5) is 0 Å². The Morgan fingerprint density at radius 1 is 1.39 bits per heavy atom. The van der Waals surface area contributed by atoms with Gasteiger partial charge in [0.05, 0.1) is 24.5 Å². The smallest absolute Gasteiger partial charge is 0.123 e. The van der Waals surface area contributed by atoms with E-state index >= 15 is 0 Å². The normalized spacial score (nSPS) is 11.8. The summed E-state index contributed by atoms with van der Waals surface area (Å²) in [5.41, 5.74) is 1.43. The number of unbranched alkanes of at least 4 members (excludes halogenated alkanes) is 2. The van der Waals surface area contributed by atoms with Crippen molar-refractivity contribution in [2.24, 2.45) is 0 Å². The number of nitriles is 1. The molecule has 1 aromatic carbocycles. The van der Waals surface area contributed by atoms with Gasteiger partial charge in [0.15, 0.2) is 0 Å². The molecule has 0 saturated carbocycles. The van der Waals surface area contributed by atoms with E-state index in [0.29, 0.717) is 22.8 Å². The molecule has 0 aliphatic carbocycles. The minimum absolute atomic E-state index is 0.461. The van der Waals surface area contributed by atoms with Crippen LogP contribution in [-0.4, -0.2) is 17.1 Å². The molecule has 1 unspecified atom stereocenters. The highest BCUT2D eigenvalue weighted by molar-refractivity contribution is 7.84. The van der Waals surface area contributed by atoms with Crippen LogP contribution in [0, 0.1) is 11.3 Å². The molecule has 1 atom stereocenters. The Hall–Kier alpha value is -1.34. The summed E-state index contributed by atoms with van der Waals surface area (Å²) in [5, 5.41) is 8.87. The molecule has 0 N–H and O–H groups in total. The van der Waals surface area contributed by atoms with Crippen LogP contribution >= 0.6 is 0 Å². The predicted molar refractivity (Wildman–Crippen MR) is 73.9 cm³/mol. The van der Waals surface area contributed by atoms with Gasteiger partial charge in [-0.3, -0.25) is 4.21 Å². The van der Waals surface area contributed by atoms with Crippen molar-refractivity contribution in [3.63, 3.8) is 0 Å². The van der Waals surface area contributed by atoms with Crippen LogP contribution in [0.2, 0.25) is 0 Å². The number of ether oxygens (including phenoxy) is 1. The SMILES string of the molecule is CCCCCS(=O)Cc1cc(C#N)ccc1OC. The Bertz CT molecular complexity index is 452. The van der Waals surface area contributed by atoms with Gasteiger partial charge in [-0.2, -0.15) is 5.26 Å². The molecule has 3 nitrogen and oxygen atoms in total. The van der Waals surface area contributed by atoms with Gasteiger partial charge in [-0.05, 0) is 24.6 Å². The Morgan fingerprint density at radius 2 is 2.17 bits per heavy atom. The van der Waals surface area contributed by atoms with Crippen LogP contribution in [0.5, 0.6) is 5.75 Å². The maximum absolute atomic E-state index is 11.9. The molecule has 1 aromatic rings. The molecule has 0 aliphatic rings. The topological polar surface area (TPSA) is 50.1 Å². The second kappa shape index (κ2) is 7.88. The Labute approximate surface area is 111 Å². The van der Waals surface area contributed by atoms with Crippen LogP contribution in [0.3, 0.4) is 0 Å². The van der Waals surface area contributed by atoms with Gasteiger partial charge in [-0.25, -0.2) is 0 Å². The van der Waals surface area contributed by atoms with Gasteiger partial charge in [0.2, 0.25) is 0 Å². The molecule has 0 heterocycles. The molecule has 0 spiro atoms. The lowest BCUT2D eigenvalue weighted by molar-refractivity contribution is 0.411. The molecule has 0 amide bonds. The Morgan fingerprint density at radius 3 is 2.78 bits per heavy atom. The van der Waals surface area contributed by atoms with Crippen molar-refractivity contribution in [2.75, 3.05) is 12.9 Å². The first-order valence-corrected chi connectivity index (χ1v) is 7.62. The van der Waals surface area contributed by atoms with E-state index in [4.69, 9.17) is 10.00 Å². The number of hydrogen-bond donors (Lipinski definition) is 0. The summed E-state index contributed by atoms with van der Waals surface area (Å²) < 4.78 is 17.2. The second-order valence-corrected chi connectivity index (χ2v) is 5.71. The fourth-order valence-corrected chi connectivity index (χ4v) is 2.96. The zero-order valence-corrected chi connectivity index (χ0v) is 11.8. The van der Waals surface area contributed by atoms with Crippen molar-refractivity contribution in [3.8, 4) is 11.8 Å². The van der Waals surface area contributed by atoms with E-state index in [2.05, 4.69) is 13.0 Å². The summed E-state index contributed by atoms with van der Waals surface area (Å²) in [6.45, 7) is 2.13. The van der Waals surface area contributed by atoms with E-state index in [1.165, 1.54) is 0 Å². The van der Waals surface area contributed by atoms with Crippen molar-refractivity contribution < 1.29 is 8.95 Å². The lowest BCUT2D eigenvalue weighted by atomic mass is 10.1. The van der Waals surface area contributed by atoms with Crippen molar-refractivity contribution in [2.45, 2.75) is 31.9 Å². The molecule has 98 valence electrons. The molecule has 0 aromatic heterocycles. The van der Waals surface area contributed by atoms with E-state index in [0.717, 1.165) is 24.8 Å². The molecule has 0 saturated heterocycles. The van der Waals surface area contributed by atoms with E-state index < -0.39 is 10.8 Å². The van der Waals surface area contributed by atoms with Gasteiger partial charge in [0.1, 0.15) is 5.75 Å². The summed E-state index contributed by atoms with van der Waals surface area (Å²) >= 11 is 0. The number of methoxy groups -OCH3 is 1. The lowest BCUT2D eigenvalue weighted by Crippen LogP contribution is -2.03. The maximum atomic E-state index is 11.9. The highest BCUT2D eigenvalue weighted by Gasteiger charge is 2.08. The minimum atomic E-state index is -0.884. The molecule has 0 radical (unpaired) electrons. The maximum Gasteiger partial charge on any atom is 0.123 e. The van der Waals surface area contributed by atoms with Crippen LogP contribution in [-0.2, 0) is 16.6 Å². The van der Waals surface area contributed by atoms with E-state index in [-0.39, 0.29) is 0 Å². The van der Waals surface area contributed by atoms with Crippen molar-refractivity contribution >= 4 is 10.8 Å². The Balaban J connectivity index is 2.70. The van der Waals surface area contributed by atoms with Crippen LogP contribution in [0.15, 0.2) is 18.2 Å². The highest BCUT2D eigenvalue weighted by atomic mass is 32.2. The van der Waals surface area contributed by atoms with Crippen molar-refractivity contribution in [3.05, 3.63) is 29.3 Å². The zero-order valence-electron chi connectivity index (χ0n) is 10.9. The van der Waals surface area contributed by atoms with Crippen molar-refractivity contribution in [1.82, 2.24) is 0 Å². The fourth-order valence-electron chi connectivity index (χ4n) is 1.72. The fraction of sp³-hybridized carbons (Fsp3) is 0.500. The van der Waals surface area contributed by atoms with Crippen LogP contribution in [0.25, 0.3) is 0 Å². The van der Waals surface area contributed by atoms with Gasteiger partial charge in [-0.1, -0.05) is 19.8 Å². The summed E-state index contributed by atoms with van der Waals surface area (Å²) in [4.78, 5) is 0. The van der Waals surface area contributed by atoms with Gasteiger partial charge in [0, 0.05) is 22.1 Å². The summed E-state index contributed by atoms with van der Waals surface area (Å²) in [7, 11) is 0.704. The van der Waals surface area contributed by atoms with Gasteiger partial charge < -0.3 is 4.74 Å². The van der Waals surface area contributed by atoms with Gasteiger partial charge >= 0.3 is 0 Å². The Kier molecular flexibility index (Phi) is 6.45. The predicted octanol–water partition coefficient (Wildman–Crippen LogP) is 3.01. The number of hydrogen-bond acceptors (Lipinski definition) is 3. The zero-order chi connectivity index (χ0) is 13.4. The molecule has 0 bridgehead atoms. The molecule has 4 heteroatoms. The molecular weight excluding hydrogens is 246 g/mol. The quantitative estimate of drug-likeness (QED) is 0.712. The average Bonchev–Trinajstić information content (AvgIpc) is 2.39. The first kappa shape index (κ1) is 14.7. The van der Waals surface area contributed by atoms with E-state index in [9.17, 15) is 4.21 Å². The average molecular weight is 265 g/mol. The van der Waals surface area contributed by atoms with Crippen molar-refractivity contribution in [1.29, 1.82) is 5.26 Å². The number of rotatable bonds is 7. The van der Waals surface area contributed by atoms with E-state index in [1.807, 2.05) is 0 Å². The summed E-state index contributed by atoms with van der Waals surface area (Å²) in [6, 6.07) is 7.32. The second-order valence-electron chi connectivity index (χ2n) is 4.13. The molecule has 0 aliphatic heterocycles. The molecule has 1 rings (SSSR count). The monoisotopic (exact) mass is 265 g/mol. The first-order valence-electron chi connectivity index (χ1n) is 6.13. The number of benzene rings is 1. The van der Waals surface area contributed by atoms with Gasteiger partial charge in [-0.15, -0.1) is 0 Å². The third-order valence-electron chi connectivity index (χ3n) is 2.70. The summed E-state index contributed by atoms with van der Waals surface area (Å²) in [5.74, 6) is 1.88. The minimum Gasteiger partial charge on any atom is -0.496 e.